The third-order valence-electron chi connectivity index (χ3n) is 3.69. The van der Waals surface area contributed by atoms with Gasteiger partial charge in [-0.3, -0.25) is 4.79 Å². The predicted octanol–water partition coefficient (Wildman–Crippen LogP) is 2.57. The molecule has 0 saturated heterocycles. The molecule has 1 rings (SSSR count). The van der Waals surface area contributed by atoms with Crippen molar-refractivity contribution < 1.29 is 24.2 Å². The first kappa shape index (κ1) is 21.5. The summed E-state index contributed by atoms with van der Waals surface area (Å²) in [7, 11) is 0. The molecule has 0 aliphatic carbocycles. The first-order chi connectivity index (χ1) is 11.9. The molecule has 0 unspecified atom stereocenters. The van der Waals surface area contributed by atoms with Crippen LogP contribution in [0, 0.1) is 13.8 Å². The molecule has 0 aliphatic rings. The number of carbonyl (C=O) groups is 3. The quantitative estimate of drug-likeness (QED) is 0.719. The van der Waals surface area contributed by atoms with Crippen molar-refractivity contribution >= 4 is 18.0 Å². The molecular weight excluding hydrogens is 336 g/mol. The normalized spacial score (nSPS) is 12.2. The summed E-state index contributed by atoms with van der Waals surface area (Å²) in [6.07, 6.45) is -0.679. The average Bonchev–Trinajstić information content (AvgIpc) is 2.47. The molecule has 7 heteroatoms. The number of hydrogen-bond acceptors (Lipinski definition) is 4. The van der Waals surface area contributed by atoms with E-state index in [4.69, 9.17) is 4.74 Å². The van der Waals surface area contributed by atoms with E-state index in [-0.39, 0.29) is 12.3 Å². The maximum absolute atomic E-state index is 12.0. The first-order valence-corrected chi connectivity index (χ1v) is 8.55. The number of benzene rings is 1. The molecule has 26 heavy (non-hydrogen) atoms. The van der Waals surface area contributed by atoms with E-state index in [2.05, 4.69) is 10.6 Å². The van der Waals surface area contributed by atoms with E-state index in [1.54, 1.807) is 32.9 Å². The number of nitrogens with one attached hydrogen (secondary N) is 2. The molecule has 0 spiro atoms. The number of aliphatic carboxylic acids is 1. The molecule has 0 saturated carbocycles. The monoisotopic (exact) mass is 364 g/mol. The molecule has 144 valence electrons. The number of amides is 2. The summed E-state index contributed by atoms with van der Waals surface area (Å²) in [5, 5.41) is 14.6. The van der Waals surface area contributed by atoms with Crippen molar-refractivity contribution in [3.63, 3.8) is 0 Å². The van der Waals surface area contributed by atoms with Crippen LogP contribution in [0.4, 0.5) is 4.79 Å². The lowest BCUT2D eigenvalue weighted by atomic mass is 9.94. The summed E-state index contributed by atoms with van der Waals surface area (Å²) >= 11 is 0. The van der Waals surface area contributed by atoms with Crippen molar-refractivity contribution in [2.24, 2.45) is 0 Å². The highest BCUT2D eigenvalue weighted by Crippen LogP contribution is 2.19. The van der Waals surface area contributed by atoms with Gasteiger partial charge in [0.25, 0.3) is 5.91 Å². The topological polar surface area (TPSA) is 105 Å². The minimum atomic E-state index is -1.15. The zero-order valence-corrected chi connectivity index (χ0v) is 16.2. The van der Waals surface area contributed by atoms with Crippen LogP contribution in [0.5, 0.6) is 0 Å². The van der Waals surface area contributed by atoms with Crippen LogP contribution in [0.3, 0.4) is 0 Å². The number of alkyl carbamates (subject to hydrolysis) is 1. The summed E-state index contributed by atoms with van der Waals surface area (Å²) < 4.78 is 5.13. The van der Waals surface area contributed by atoms with Crippen molar-refractivity contribution in [2.75, 3.05) is 6.54 Å². The number of aryl methyl sites for hydroxylation is 2. The van der Waals surface area contributed by atoms with Gasteiger partial charge >= 0.3 is 12.1 Å². The van der Waals surface area contributed by atoms with E-state index < -0.39 is 23.7 Å². The van der Waals surface area contributed by atoms with Gasteiger partial charge in [-0.1, -0.05) is 0 Å². The predicted molar refractivity (Wildman–Crippen MR) is 98.4 cm³/mol. The standard InChI is InChI=1S/C19H28N2O5/c1-7-20-16(22)13-8-11(2)14(12(3)9-13)10-15(17(23)24)21-18(25)26-19(4,5)6/h8-9,15H,7,10H2,1-6H3,(H,20,22)(H,21,25)(H,23,24)/t15-/m0/s1. The van der Waals surface area contributed by atoms with Crippen LogP contribution in [0.15, 0.2) is 12.1 Å². The van der Waals surface area contributed by atoms with Crippen molar-refractivity contribution in [3.05, 3.63) is 34.4 Å². The maximum atomic E-state index is 12.0. The number of ether oxygens (including phenoxy) is 1. The second kappa shape index (κ2) is 8.69. The molecule has 1 aromatic rings. The number of rotatable bonds is 6. The summed E-state index contributed by atoms with van der Waals surface area (Å²) in [5.74, 6) is -1.32. The molecule has 7 nitrogen and oxygen atoms in total. The molecule has 0 aliphatic heterocycles. The highest BCUT2D eigenvalue weighted by Gasteiger charge is 2.25. The van der Waals surface area contributed by atoms with Crippen molar-refractivity contribution in [1.29, 1.82) is 0 Å². The second-order valence-corrected chi connectivity index (χ2v) is 7.19. The molecular formula is C19H28N2O5. The third-order valence-corrected chi connectivity index (χ3v) is 3.69. The van der Waals surface area contributed by atoms with Crippen molar-refractivity contribution in [1.82, 2.24) is 10.6 Å². The smallest absolute Gasteiger partial charge is 0.408 e. The van der Waals surface area contributed by atoms with Crippen LogP contribution in [0.2, 0.25) is 0 Å². The van der Waals surface area contributed by atoms with Gasteiger partial charge in [-0.2, -0.15) is 0 Å². The van der Waals surface area contributed by atoms with Gasteiger partial charge in [0.1, 0.15) is 11.6 Å². The van der Waals surface area contributed by atoms with Crippen molar-refractivity contribution in [3.8, 4) is 0 Å². The lowest BCUT2D eigenvalue weighted by Crippen LogP contribution is -2.44. The molecule has 3 N–H and O–H groups in total. The Labute approximate surface area is 154 Å². The largest absolute Gasteiger partial charge is 0.480 e. The lowest BCUT2D eigenvalue weighted by molar-refractivity contribution is -0.139. The number of carbonyl (C=O) groups excluding carboxylic acids is 2. The Kier molecular flexibility index (Phi) is 7.18. The first-order valence-electron chi connectivity index (χ1n) is 8.55. The average molecular weight is 364 g/mol. The van der Waals surface area contributed by atoms with E-state index in [0.717, 1.165) is 16.7 Å². The zero-order valence-electron chi connectivity index (χ0n) is 16.2. The van der Waals surface area contributed by atoms with Crippen LogP contribution < -0.4 is 10.6 Å². The Bertz CT molecular complexity index is 669. The molecule has 0 heterocycles. The van der Waals surface area contributed by atoms with Gasteiger partial charge in [0.05, 0.1) is 0 Å². The highest BCUT2D eigenvalue weighted by atomic mass is 16.6. The Balaban J connectivity index is 3.00. The fourth-order valence-electron chi connectivity index (χ4n) is 2.56. The van der Waals surface area contributed by atoms with E-state index in [9.17, 15) is 19.5 Å². The Morgan fingerprint density at radius 3 is 2.12 bits per heavy atom. The van der Waals surface area contributed by atoms with Gasteiger partial charge in [0.15, 0.2) is 0 Å². The molecule has 1 atom stereocenters. The van der Waals surface area contributed by atoms with E-state index >= 15 is 0 Å². The van der Waals surface area contributed by atoms with Crippen LogP contribution >= 0.6 is 0 Å². The minimum Gasteiger partial charge on any atom is -0.480 e. The van der Waals surface area contributed by atoms with Crippen LogP contribution in [-0.4, -0.2) is 41.3 Å². The number of hydrogen-bond donors (Lipinski definition) is 3. The Hall–Kier alpha value is -2.57. The van der Waals surface area contributed by atoms with Crippen LogP contribution in [-0.2, 0) is 16.0 Å². The molecule has 0 aromatic heterocycles. The van der Waals surface area contributed by atoms with Crippen LogP contribution in [0.1, 0.15) is 54.7 Å². The number of carboxylic acid groups (broad SMARTS) is 1. The maximum Gasteiger partial charge on any atom is 0.408 e. The lowest BCUT2D eigenvalue weighted by Gasteiger charge is -2.23. The summed E-state index contributed by atoms with van der Waals surface area (Å²) in [5.41, 5.74) is 2.18. The highest BCUT2D eigenvalue weighted by molar-refractivity contribution is 5.94. The van der Waals surface area contributed by atoms with Gasteiger partial charge in [-0.15, -0.1) is 0 Å². The van der Waals surface area contributed by atoms with E-state index in [1.165, 1.54) is 0 Å². The van der Waals surface area contributed by atoms with E-state index in [1.807, 2.05) is 20.8 Å². The second-order valence-electron chi connectivity index (χ2n) is 7.19. The third kappa shape index (κ3) is 6.38. The summed E-state index contributed by atoms with van der Waals surface area (Å²) in [4.78, 5) is 35.4. The van der Waals surface area contributed by atoms with Gasteiger partial charge in [-0.25, -0.2) is 9.59 Å². The molecule has 0 bridgehead atoms. The fourth-order valence-corrected chi connectivity index (χ4v) is 2.56. The molecule has 0 radical (unpaired) electrons. The van der Waals surface area contributed by atoms with Gasteiger partial charge in [0, 0.05) is 18.5 Å². The minimum absolute atomic E-state index is 0.0991. The Morgan fingerprint density at radius 2 is 1.69 bits per heavy atom. The van der Waals surface area contributed by atoms with Gasteiger partial charge < -0.3 is 20.5 Å². The van der Waals surface area contributed by atoms with Crippen LogP contribution in [0.25, 0.3) is 0 Å². The molecule has 2 amide bonds. The summed E-state index contributed by atoms with van der Waals surface area (Å²) in [6, 6.07) is 2.32. The van der Waals surface area contributed by atoms with Gasteiger partial charge in [0.2, 0.25) is 0 Å². The zero-order chi connectivity index (χ0) is 20.1. The molecule has 0 fully saturated rings. The Morgan fingerprint density at radius 1 is 1.15 bits per heavy atom. The SMILES string of the molecule is CCNC(=O)c1cc(C)c(C[C@H](NC(=O)OC(C)(C)C)C(=O)O)c(C)c1. The fraction of sp³-hybridized carbons (Fsp3) is 0.526. The number of carboxylic acids is 1. The molecule has 1 aromatic carbocycles. The van der Waals surface area contributed by atoms with Crippen molar-refractivity contribution in [2.45, 2.75) is 59.6 Å². The van der Waals surface area contributed by atoms with E-state index in [0.29, 0.717) is 12.1 Å². The summed E-state index contributed by atoms with van der Waals surface area (Å²) in [6.45, 7) is 11.1. The van der Waals surface area contributed by atoms with Gasteiger partial charge in [-0.05, 0) is 70.4 Å².